The number of carbonyl (C=O) groups excluding carboxylic acids is 1. The summed E-state index contributed by atoms with van der Waals surface area (Å²) in [6.45, 7) is 4.32. The minimum atomic E-state index is -0.271. The highest BCUT2D eigenvalue weighted by atomic mass is 16.3. The number of quaternary nitrogens is 1. The number of furan rings is 1. The van der Waals surface area contributed by atoms with E-state index >= 15 is 0 Å². The van der Waals surface area contributed by atoms with Crippen molar-refractivity contribution in [2.75, 3.05) is 25.4 Å². The molecule has 31 heavy (non-hydrogen) atoms. The lowest BCUT2D eigenvalue weighted by Gasteiger charge is -2.23. The third kappa shape index (κ3) is 3.86. The van der Waals surface area contributed by atoms with Gasteiger partial charge in [-0.25, -0.2) is 9.97 Å². The number of fused-ring (bicyclic) bond motifs is 2. The number of hydrogen-bond acceptors (Lipinski definition) is 5. The maximum absolute atomic E-state index is 13.1. The summed E-state index contributed by atoms with van der Waals surface area (Å²) in [7, 11) is 0. The number of likely N-dealkylation sites (tertiary alicyclic amines) is 1. The van der Waals surface area contributed by atoms with Crippen LogP contribution >= 0.6 is 0 Å². The van der Waals surface area contributed by atoms with Crippen molar-refractivity contribution in [2.24, 2.45) is 0 Å². The predicted molar refractivity (Wildman–Crippen MR) is 119 cm³/mol. The molecule has 5 rings (SSSR count). The maximum Gasteiger partial charge on any atom is 0.257 e. The van der Waals surface area contributed by atoms with Crippen molar-refractivity contribution in [3.63, 3.8) is 0 Å². The number of aromatic nitrogens is 3. The first-order valence-electron chi connectivity index (χ1n) is 10.9. The first-order chi connectivity index (χ1) is 15.2. The molecule has 0 spiro atoms. The van der Waals surface area contributed by atoms with Crippen molar-refractivity contribution in [3.8, 4) is 0 Å². The fourth-order valence-electron chi connectivity index (χ4n) is 4.41. The Labute approximate surface area is 180 Å². The van der Waals surface area contributed by atoms with E-state index in [0.717, 1.165) is 17.6 Å². The van der Waals surface area contributed by atoms with Crippen molar-refractivity contribution in [2.45, 2.75) is 32.4 Å². The van der Waals surface area contributed by atoms with E-state index < -0.39 is 0 Å². The molecule has 4 aromatic rings. The molecule has 4 N–H and O–H groups in total. The van der Waals surface area contributed by atoms with Crippen LogP contribution in [-0.2, 0) is 13.1 Å². The first-order valence-corrected chi connectivity index (χ1v) is 10.9. The lowest BCUT2D eigenvalue weighted by Crippen LogP contribution is -3.13. The van der Waals surface area contributed by atoms with E-state index in [1.165, 1.54) is 32.4 Å². The molecule has 1 amide bonds. The van der Waals surface area contributed by atoms with E-state index in [1.54, 1.807) is 17.2 Å². The summed E-state index contributed by atoms with van der Waals surface area (Å²) in [6.07, 6.45) is 5.43. The number of benzene rings is 1. The summed E-state index contributed by atoms with van der Waals surface area (Å²) in [6, 6.07) is 11.3. The number of anilines is 1. The van der Waals surface area contributed by atoms with Gasteiger partial charge in [-0.2, -0.15) is 0 Å². The SMILES string of the molecule is Nc1c(C(=O)NCc2ccco2)c2nc3ccccc3nc2n1CC[NH+]1CCCCC1. The molecule has 3 aromatic heterocycles. The Morgan fingerprint density at radius 1 is 1.10 bits per heavy atom. The highest BCUT2D eigenvalue weighted by Gasteiger charge is 2.25. The van der Waals surface area contributed by atoms with Gasteiger partial charge in [0, 0.05) is 0 Å². The fourth-order valence-corrected chi connectivity index (χ4v) is 4.41. The third-order valence-corrected chi connectivity index (χ3v) is 6.07. The summed E-state index contributed by atoms with van der Waals surface area (Å²) in [5, 5.41) is 2.90. The number of amides is 1. The average Bonchev–Trinajstić information content (AvgIpc) is 3.41. The Hall–Kier alpha value is -3.39. The predicted octanol–water partition coefficient (Wildman–Crippen LogP) is 1.76. The lowest BCUT2D eigenvalue weighted by atomic mass is 10.1. The molecule has 160 valence electrons. The normalized spacial score (nSPS) is 15.0. The van der Waals surface area contributed by atoms with Crippen molar-refractivity contribution >= 4 is 33.9 Å². The summed E-state index contributed by atoms with van der Waals surface area (Å²) >= 11 is 0. The second kappa shape index (κ2) is 8.39. The maximum atomic E-state index is 13.1. The second-order valence-electron chi connectivity index (χ2n) is 8.12. The highest BCUT2D eigenvalue weighted by Crippen LogP contribution is 2.27. The van der Waals surface area contributed by atoms with Crippen LogP contribution in [0.4, 0.5) is 5.82 Å². The Bertz CT molecular complexity index is 1210. The van der Waals surface area contributed by atoms with E-state index in [9.17, 15) is 4.79 Å². The topological polar surface area (TPSA) is 103 Å². The zero-order valence-corrected chi connectivity index (χ0v) is 17.4. The van der Waals surface area contributed by atoms with Gasteiger partial charge in [-0.3, -0.25) is 4.79 Å². The van der Waals surface area contributed by atoms with Gasteiger partial charge in [0.2, 0.25) is 0 Å². The molecule has 0 saturated carbocycles. The number of para-hydroxylation sites is 2. The molecular formula is C23H27N6O2+. The van der Waals surface area contributed by atoms with E-state index in [1.807, 2.05) is 34.9 Å². The van der Waals surface area contributed by atoms with E-state index in [2.05, 4.69) is 5.32 Å². The van der Waals surface area contributed by atoms with Crippen molar-refractivity contribution in [1.29, 1.82) is 0 Å². The van der Waals surface area contributed by atoms with Crippen LogP contribution in [0.1, 0.15) is 35.4 Å². The molecular weight excluding hydrogens is 392 g/mol. The fraction of sp³-hybridized carbons (Fsp3) is 0.348. The van der Waals surface area contributed by atoms with Crippen LogP contribution in [0.2, 0.25) is 0 Å². The number of nitrogens with zero attached hydrogens (tertiary/aromatic N) is 3. The van der Waals surface area contributed by atoms with Gasteiger partial charge in [0.25, 0.3) is 5.91 Å². The Morgan fingerprint density at radius 2 is 1.87 bits per heavy atom. The Kier molecular flexibility index (Phi) is 5.30. The number of carbonyl (C=O) groups is 1. The zero-order chi connectivity index (χ0) is 21.2. The minimum Gasteiger partial charge on any atom is -0.467 e. The molecule has 1 aromatic carbocycles. The van der Waals surface area contributed by atoms with Gasteiger partial charge in [0.1, 0.15) is 22.7 Å². The molecule has 0 bridgehead atoms. The molecule has 0 unspecified atom stereocenters. The van der Waals surface area contributed by atoms with E-state index in [-0.39, 0.29) is 12.5 Å². The molecule has 8 heteroatoms. The van der Waals surface area contributed by atoms with Gasteiger partial charge < -0.3 is 24.9 Å². The van der Waals surface area contributed by atoms with E-state index in [4.69, 9.17) is 20.1 Å². The second-order valence-corrected chi connectivity index (χ2v) is 8.12. The number of rotatable bonds is 6. The Balaban J connectivity index is 1.52. The van der Waals surface area contributed by atoms with Gasteiger partial charge in [0.15, 0.2) is 5.65 Å². The Morgan fingerprint density at radius 3 is 2.61 bits per heavy atom. The van der Waals surface area contributed by atoms with Crippen LogP contribution in [0.15, 0.2) is 47.1 Å². The van der Waals surface area contributed by atoms with Crippen LogP contribution < -0.4 is 16.0 Å². The number of nitrogens with one attached hydrogen (secondary N) is 2. The summed E-state index contributed by atoms with van der Waals surface area (Å²) < 4.78 is 7.28. The number of hydrogen-bond donors (Lipinski definition) is 3. The molecule has 1 aliphatic heterocycles. The quantitative estimate of drug-likeness (QED) is 0.442. The first kappa shape index (κ1) is 19.6. The molecule has 1 saturated heterocycles. The summed E-state index contributed by atoms with van der Waals surface area (Å²) in [5.41, 5.74) is 9.66. The smallest absolute Gasteiger partial charge is 0.257 e. The molecule has 1 fully saturated rings. The monoisotopic (exact) mass is 419 g/mol. The number of piperidine rings is 1. The number of nitrogen functional groups attached to an aromatic ring is 1. The summed E-state index contributed by atoms with van der Waals surface area (Å²) in [4.78, 5) is 24.3. The van der Waals surface area contributed by atoms with Crippen LogP contribution in [0, 0.1) is 0 Å². The largest absolute Gasteiger partial charge is 0.467 e. The van der Waals surface area contributed by atoms with Crippen molar-refractivity contribution in [3.05, 3.63) is 54.0 Å². The summed E-state index contributed by atoms with van der Waals surface area (Å²) in [5.74, 6) is 0.826. The molecule has 1 aliphatic rings. The average molecular weight is 420 g/mol. The molecule has 0 atom stereocenters. The van der Waals surface area contributed by atoms with Gasteiger partial charge in [-0.05, 0) is 43.5 Å². The van der Waals surface area contributed by atoms with Crippen LogP contribution in [0.3, 0.4) is 0 Å². The molecule has 4 heterocycles. The lowest BCUT2D eigenvalue weighted by molar-refractivity contribution is -0.905. The van der Waals surface area contributed by atoms with Crippen molar-refractivity contribution < 1.29 is 14.1 Å². The molecule has 0 aliphatic carbocycles. The minimum absolute atomic E-state index is 0.271. The van der Waals surface area contributed by atoms with Gasteiger partial charge in [-0.15, -0.1) is 0 Å². The molecule has 0 radical (unpaired) electrons. The highest BCUT2D eigenvalue weighted by molar-refractivity contribution is 6.10. The third-order valence-electron chi connectivity index (χ3n) is 6.07. The van der Waals surface area contributed by atoms with Gasteiger partial charge in [-0.1, -0.05) is 12.1 Å². The van der Waals surface area contributed by atoms with E-state index in [0.29, 0.717) is 34.9 Å². The van der Waals surface area contributed by atoms with Gasteiger partial charge >= 0.3 is 0 Å². The van der Waals surface area contributed by atoms with Crippen LogP contribution in [0.5, 0.6) is 0 Å². The zero-order valence-electron chi connectivity index (χ0n) is 17.4. The van der Waals surface area contributed by atoms with Crippen LogP contribution in [0.25, 0.3) is 22.2 Å². The standard InChI is InChI=1S/C23H26N6O2/c24-21-19(23(30)25-15-16-7-6-14-31-16)20-22(27-18-9-3-2-8-17(18)26-20)29(21)13-12-28-10-4-1-5-11-28/h2-3,6-9,14H,1,4-5,10-13,15,24H2,(H,25,30)/p+1. The molecule has 8 nitrogen and oxygen atoms in total. The number of nitrogens with two attached hydrogens (primary N) is 1. The van der Waals surface area contributed by atoms with Gasteiger partial charge in [0.05, 0.1) is 50.0 Å². The van der Waals surface area contributed by atoms with Crippen LogP contribution in [-0.4, -0.2) is 40.1 Å². The van der Waals surface area contributed by atoms with Crippen molar-refractivity contribution in [1.82, 2.24) is 19.9 Å².